The molecule has 2 rings (SSSR count). The van der Waals surface area contributed by atoms with Gasteiger partial charge in [-0.3, -0.25) is 0 Å². The van der Waals surface area contributed by atoms with Crippen LogP contribution in [0.25, 0.3) is 0 Å². The standard InChI is InChI=1S/C19H27FN2O4/c1-17(2,3)26-15(23)18(4,21)19(20)10-11-22(13-19)16(24)25-12-14-8-6-5-7-9-14/h5-9H,10-13,21H2,1-4H3. The van der Waals surface area contributed by atoms with Crippen LogP contribution in [0.5, 0.6) is 0 Å². The van der Waals surface area contributed by atoms with Crippen molar-refractivity contribution in [2.45, 2.75) is 57.5 Å². The lowest BCUT2D eigenvalue weighted by Gasteiger charge is -2.36. The van der Waals surface area contributed by atoms with Gasteiger partial charge in [-0.15, -0.1) is 0 Å². The molecule has 2 unspecified atom stereocenters. The fourth-order valence-electron chi connectivity index (χ4n) is 2.73. The number of carbonyl (C=O) groups excluding carboxylic acids is 2. The Hall–Kier alpha value is -2.15. The minimum atomic E-state index is -2.08. The van der Waals surface area contributed by atoms with Crippen molar-refractivity contribution < 1.29 is 23.5 Å². The first-order chi connectivity index (χ1) is 11.9. The van der Waals surface area contributed by atoms with Gasteiger partial charge in [0.2, 0.25) is 0 Å². The molecule has 0 saturated carbocycles. The maximum atomic E-state index is 15.4. The van der Waals surface area contributed by atoms with Crippen LogP contribution in [0.3, 0.4) is 0 Å². The molecule has 0 bridgehead atoms. The molecule has 2 N–H and O–H groups in total. The van der Waals surface area contributed by atoms with Gasteiger partial charge < -0.3 is 20.1 Å². The Bertz CT molecular complexity index is 657. The molecule has 1 amide bonds. The maximum Gasteiger partial charge on any atom is 0.410 e. The summed E-state index contributed by atoms with van der Waals surface area (Å²) < 4.78 is 25.9. The van der Waals surface area contributed by atoms with Gasteiger partial charge in [-0.25, -0.2) is 14.0 Å². The molecule has 0 radical (unpaired) electrons. The van der Waals surface area contributed by atoms with E-state index < -0.39 is 28.9 Å². The highest BCUT2D eigenvalue weighted by atomic mass is 19.1. The zero-order chi connectivity index (χ0) is 19.6. The van der Waals surface area contributed by atoms with Crippen LogP contribution in [-0.2, 0) is 20.9 Å². The van der Waals surface area contributed by atoms with Gasteiger partial charge in [-0.2, -0.15) is 0 Å². The monoisotopic (exact) mass is 366 g/mol. The molecule has 1 fully saturated rings. The number of hydrogen-bond donors (Lipinski definition) is 1. The van der Waals surface area contributed by atoms with Gasteiger partial charge >= 0.3 is 12.1 Å². The number of benzene rings is 1. The minimum Gasteiger partial charge on any atom is -0.459 e. The van der Waals surface area contributed by atoms with E-state index in [4.69, 9.17) is 15.2 Å². The van der Waals surface area contributed by atoms with Crippen LogP contribution < -0.4 is 5.73 Å². The second kappa shape index (κ2) is 7.23. The summed E-state index contributed by atoms with van der Waals surface area (Å²) in [7, 11) is 0. The third kappa shape index (κ3) is 4.52. The molecule has 6 nitrogen and oxygen atoms in total. The number of halogens is 1. The zero-order valence-electron chi connectivity index (χ0n) is 15.8. The van der Waals surface area contributed by atoms with E-state index in [1.807, 2.05) is 30.3 Å². The molecular formula is C19H27FN2O4. The van der Waals surface area contributed by atoms with Crippen molar-refractivity contribution in [3.63, 3.8) is 0 Å². The summed E-state index contributed by atoms with van der Waals surface area (Å²) in [5.74, 6) is -0.827. The zero-order valence-corrected chi connectivity index (χ0v) is 15.8. The molecule has 1 aromatic carbocycles. The van der Waals surface area contributed by atoms with E-state index in [1.54, 1.807) is 20.8 Å². The van der Waals surface area contributed by atoms with E-state index in [2.05, 4.69) is 0 Å². The van der Waals surface area contributed by atoms with Gasteiger partial charge in [0, 0.05) is 13.0 Å². The van der Waals surface area contributed by atoms with E-state index in [-0.39, 0.29) is 26.1 Å². The predicted octanol–water partition coefficient (Wildman–Crippen LogP) is 2.80. The number of esters is 1. The normalized spacial score (nSPS) is 22.6. The molecule has 1 aliphatic rings. The van der Waals surface area contributed by atoms with Crippen LogP contribution in [0.2, 0.25) is 0 Å². The number of amides is 1. The number of rotatable bonds is 4. The average Bonchev–Trinajstić information content (AvgIpc) is 2.96. The first kappa shape index (κ1) is 20.2. The largest absolute Gasteiger partial charge is 0.459 e. The van der Waals surface area contributed by atoms with Gasteiger partial charge in [-0.05, 0) is 33.3 Å². The Balaban J connectivity index is 1.98. The highest BCUT2D eigenvalue weighted by molar-refractivity contribution is 5.83. The molecule has 1 heterocycles. The van der Waals surface area contributed by atoms with Crippen LogP contribution in [-0.4, -0.2) is 46.9 Å². The van der Waals surface area contributed by atoms with Crippen LogP contribution in [0.15, 0.2) is 30.3 Å². The number of alkyl halides is 1. The maximum absolute atomic E-state index is 15.4. The molecular weight excluding hydrogens is 339 g/mol. The Morgan fingerprint density at radius 1 is 1.23 bits per heavy atom. The Morgan fingerprint density at radius 3 is 2.42 bits per heavy atom. The van der Waals surface area contributed by atoms with Crippen molar-refractivity contribution in [1.29, 1.82) is 0 Å². The molecule has 144 valence electrons. The van der Waals surface area contributed by atoms with Crippen molar-refractivity contribution in [1.82, 2.24) is 4.90 Å². The molecule has 26 heavy (non-hydrogen) atoms. The number of ether oxygens (including phenoxy) is 2. The van der Waals surface area contributed by atoms with Crippen molar-refractivity contribution in [3.05, 3.63) is 35.9 Å². The topological polar surface area (TPSA) is 81.9 Å². The predicted molar refractivity (Wildman–Crippen MR) is 95.1 cm³/mol. The van der Waals surface area contributed by atoms with Gasteiger partial charge in [0.15, 0.2) is 5.67 Å². The van der Waals surface area contributed by atoms with E-state index >= 15 is 4.39 Å². The Kier molecular flexibility index (Phi) is 5.61. The molecule has 0 spiro atoms. The fraction of sp³-hybridized carbons (Fsp3) is 0.579. The molecule has 7 heteroatoms. The molecule has 1 aliphatic heterocycles. The van der Waals surface area contributed by atoms with E-state index in [1.165, 1.54) is 11.8 Å². The quantitative estimate of drug-likeness (QED) is 0.829. The fourth-order valence-corrected chi connectivity index (χ4v) is 2.73. The average molecular weight is 366 g/mol. The highest BCUT2D eigenvalue weighted by Crippen LogP contribution is 2.36. The lowest BCUT2D eigenvalue weighted by atomic mass is 9.82. The summed E-state index contributed by atoms with van der Waals surface area (Å²) in [6, 6.07) is 9.20. The van der Waals surface area contributed by atoms with Gasteiger partial charge in [0.1, 0.15) is 17.7 Å². The molecule has 0 aliphatic carbocycles. The number of nitrogens with two attached hydrogens (primary N) is 1. The first-order valence-electron chi connectivity index (χ1n) is 8.61. The smallest absolute Gasteiger partial charge is 0.410 e. The van der Waals surface area contributed by atoms with Crippen LogP contribution in [0.4, 0.5) is 9.18 Å². The van der Waals surface area contributed by atoms with Gasteiger partial charge in [0.05, 0.1) is 6.54 Å². The third-order valence-electron chi connectivity index (χ3n) is 4.44. The van der Waals surface area contributed by atoms with Crippen LogP contribution in [0.1, 0.15) is 39.7 Å². The number of hydrogen-bond acceptors (Lipinski definition) is 5. The summed E-state index contributed by atoms with van der Waals surface area (Å²) in [6.07, 6.45) is -0.687. The van der Waals surface area contributed by atoms with E-state index in [0.29, 0.717) is 0 Å². The molecule has 1 saturated heterocycles. The second-order valence-corrected chi connectivity index (χ2v) is 7.88. The highest BCUT2D eigenvalue weighted by Gasteiger charge is 2.57. The van der Waals surface area contributed by atoms with Crippen LogP contribution >= 0.6 is 0 Å². The molecule has 2 atom stereocenters. The van der Waals surface area contributed by atoms with Gasteiger partial charge in [0.25, 0.3) is 0 Å². The van der Waals surface area contributed by atoms with Crippen molar-refractivity contribution in [3.8, 4) is 0 Å². The summed E-state index contributed by atoms with van der Waals surface area (Å²) >= 11 is 0. The third-order valence-corrected chi connectivity index (χ3v) is 4.44. The Labute approximate surface area is 153 Å². The molecule has 1 aromatic rings. The summed E-state index contributed by atoms with van der Waals surface area (Å²) in [6.45, 7) is 6.28. The van der Waals surface area contributed by atoms with E-state index in [9.17, 15) is 9.59 Å². The number of carbonyl (C=O) groups is 2. The lowest BCUT2D eigenvalue weighted by Crippen LogP contribution is -2.63. The lowest BCUT2D eigenvalue weighted by molar-refractivity contribution is -0.167. The summed E-state index contributed by atoms with van der Waals surface area (Å²) in [5, 5.41) is 0. The summed E-state index contributed by atoms with van der Waals surface area (Å²) in [5.41, 5.74) is 2.12. The number of nitrogens with zero attached hydrogens (tertiary/aromatic N) is 1. The van der Waals surface area contributed by atoms with E-state index in [0.717, 1.165) is 5.56 Å². The van der Waals surface area contributed by atoms with Crippen molar-refractivity contribution in [2.75, 3.05) is 13.1 Å². The Morgan fingerprint density at radius 2 is 1.85 bits per heavy atom. The number of likely N-dealkylation sites (tertiary alicyclic amines) is 1. The first-order valence-corrected chi connectivity index (χ1v) is 8.61. The molecule has 0 aromatic heterocycles. The SMILES string of the molecule is CC(C)(C)OC(=O)C(C)(N)C1(F)CCN(C(=O)OCc2ccccc2)C1. The minimum absolute atomic E-state index is 0.0559. The van der Waals surface area contributed by atoms with Crippen molar-refractivity contribution in [2.24, 2.45) is 5.73 Å². The summed E-state index contributed by atoms with van der Waals surface area (Å²) in [4.78, 5) is 25.8. The van der Waals surface area contributed by atoms with Crippen LogP contribution in [0, 0.1) is 0 Å². The second-order valence-electron chi connectivity index (χ2n) is 7.88. The van der Waals surface area contributed by atoms with Gasteiger partial charge in [-0.1, -0.05) is 30.3 Å². The van der Waals surface area contributed by atoms with Crippen molar-refractivity contribution >= 4 is 12.1 Å².